The van der Waals surface area contributed by atoms with Crippen molar-refractivity contribution in [2.24, 2.45) is 5.92 Å². The van der Waals surface area contributed by atoms with Crippen LogP contribution in [0.5, 0.6) is 0 Å². The van der Waals surface area contributed by atoms with E-state index in [1.807, 2.05) is 0 Å². The standard InChI is InChI=1S/C11H10FN3O5/c12-8-3-7(15(19)20)1-2-9(8)13-11(18)14-4-6(5-14)10(16)17/h1-3,6H,4-5H2,(H,13,18)(H,16,17). The summed E-state index contributed by atoms with van der Waals surface area (Å²) in [5, 5.41) is 21.3. The maximum Gasteiger partial charge on any atom is 0.321 e. The van der Waals surface area contributed by atoms with Gasteiger partial charge in [0.05, 0.1) is 22.6 Å². The molecular weight excluding hydrogens is 273 g/mol. The van der Waals surface area contributed by atoms with Crippen LogP contribution in [0.2, 0.25) is 0 Å². The van der Waals surface area contributed by atoms with Gasteiger partial charge in [-0.25, -0.2) is 9.18 Å². The van der Waals surface area contributed by atoms with Crippen molar-refractivity contribution in [3.63, 3.8) is 0 Å². The number of carboxylic acid groups (broad SMARTS) is 1. The van der Waals surface area contributed by atoms with Gasteiger partial charge in [0.15, 0.2) is 5.82 Å². The zero-order chi connectivity index (χ0) is 14.9. The van der Waals surface area contributed by atoms with E-state index in [-0.39, 0.29) is 18.8 Å². The highest BCUT2D eigenvalue weighted by atomic mass is 19.1. The molecular formula is C11H10FN3O5. The smallest absolute Gasteiger partial charge is 0.321 e. The maximum absolute atomic E-state index is 13.5. The number of nitro benzene ring substituents is 1. The first-order valence-corrected chi connectivity index (χ1v) is 5.61. The number of amides is 2. The topological polar surface area (TPSA) is 113 Å². The van der Waals surface area contributed by atoms with Crippen molar-refractivity contribution in [1.82, 2.24) is 4.90 Å². The van der Waals surface area contributed by atoms with Gasteiger partial charge >= 0.3 is 12.0 Å². The van der Waals surface area contributed by atoms with E-state index in [4.69, 9.17) is 5.11 Å². The van der Waals surface area contributed by atoms with Crippen LogP contribution >= 0.6 is 0 Å². The van der Waals surface area contributed by atoms with E-state index in [1.54, 1.807) is 0 Å². The number of hydrogen-bond acceptors (Lipinski definition) is 4. The summed E-state index contributed by atoms with van der Waals surface area (Å²) in [5.41, 5.74) is -0.616. The highest BCUT2D eigenvalue weighted by Crippen LogP contribution is 2.22. The predicted molar refractivity (Wildman–Crippen MR) is 64.8 cm³/mol. The lowest BCUT2D eigenvalue weighted by Crippen LogP contribution is -2.54. The van der Waals surface area contributed by atoms with Gasteiger partial charge in [-0.2, -0.15) is 0 Å². The summed E-state index contributed by atoms with van der Waals surface area (Å²) >= 11 is 0. The molecule has 1 aromatic rings. The van der Waals surface area contributed by atoms with Crippen LogP contribution in [0.3, 0.4) is 0 Å². The molecule has 1 fully saturated rings. The highest BCUT2D eigenvalue weighted by Gasteiger charge is 2.35. The lowest BCUT2D eigenvalue weighted by atomic mass is 10.0. The van der Waals surface area contributed by atoms with Crippen molar-refractivity contribution >= 4 is 23.4 Å². The second-order valence-corrected chi connectivity index (χ2v) is 4.29. The molecule has 8 nitrogen and oxygen atoms in total. The number of aliphatic carboxylic acids is 1. The summed E-state index contributed by atoms with van der Waals surface area (Å²) in [5.74, 6) is -2.53. The molecule has 0 radical (unpaired) electrons. The number of nitro groups is 1. The fourth-order valence-electron chi connectivity index (χ4n) is 1.71. The molecule has 1 heterocycles. The maximum atomic E-state index is 13.5. The molecule has 0 saturated carbocycles. The number of carbonyl (C=O) groups excluding carboxylic acids is 1. The quantitative estimate of drug-likeness (QED) is 0.641. The minimum Gasteiger partial charge on any atom is -0.481 e. The minimum absolute atomic E-state index is 0.0514. The predicted octanol–water partition coefficient (Wildman–Crippen LogP) is 1.28. The molecule has 2 rings (SSSR count). The van der Waals surface area contributed by atoms with Gasteiger partial charge in [0, 0.05) is 19.2 Å². The first-order valence-electron chi connectivity index (χ1n) is 5.61. The summed E-state index contributed by atoms with van der Waals surface area (Å²) < 4.78 is 13.5. The van der Waals surface area contributed by atoms with Gasteiger partial charge < -0.3 is 15.3 Å². The van der Waals surface area contributed by atoms with Gasteiger partial charge in [0.25, 0.3) is 5.69 Å². The van der Waals surface area contributed by atoms with Gasteiger partial charge in [-0.15, -0.1) is 0 Å². The molecule has 20 heavy (non-hydrogen) atoms. The Morgan fingerprint density at radius 3 is 2.60 bits per heavy atom. The minimum atomic E-state index is -0.990. The molecule has 0 spiro atoms. The Balaban J connectivity index is 1.99. The van der Waals surface area contributed by atoms with Gasteiger partial charge in [-0.3, -0.25) is 14.9 Å². The number of non-ortho nitro benzene ring substituents is 1. The number of halogens is 1. The van der Waals surface area contributed by atoms with Crippen LogP contribution in [0.4, 0.5) is 20.6 Å². The second-order valence-electron chi connectivity index (χ2n) is 4.29. The molecule has 106 valence electrons. The molecule has 0 aliphatic carbocycles. The molecule has 0 unspecified atom stereocenters. The largest absolute Gasteiger partial charge is 0.481 e. The molecule has 9 heteroatoms. The van der Waals surface area contributed by atoms with Gasteiger partial charge in [0.2, 0.25) is 0 Å². The van der Waals surface area contributed by atoms with Gasteiger partial charge in [-0.1, -0.05) is 0 Å². The fourth-order valence-corrected chi connectivity index (χ4v) is 1.71. The molecule has 2 N–H and O–H groups in total. The summed E-state index contributed by atoms with van der Waals surface area (Å²) in [4.78, 5) is 33.1. The zero-order valence-electron chi connectivity index (χ0n) is 10.1. The average Bonchev–Trinajstić information content (AvgIpc) is 2.28. The molecule has 1 aliphatic rings. The van der Waals surface area contributed by atoms with E-state index in [0.29, 0.717) is 6.07 Å². The SMILES string of the molecule is O=C(O)C1CN(C(=O)Nc2ccc([N+](=O)[O-])cc2F)C1. The Labute approximate surface area is 111 Å². The summed E-state index contributed by atoms with van der Waals surface area (Å²) in [6.45, 7) is 0.103. The summed E-state index contributed by atoms with van der Waals surface area (Å²) in [7, 11) is 0. The number of nitrogens with one attached hydrogen (secondary N) is 1. The van der Waals surface area contributed by atoms with Crippen molar-refractivity contribution in [3.8, 4) is 0 Å². The highest BCUT2D eigenvalue weighted by molar-refractivity contribution is 5.91. The number of carboxylic acids is 1. The van der Waals surface area contributed by atoms with Crippen LogP contribution in [-0.4, -0.2) is 40.0 Å². The number of carbonyl (C=O) groups is 2. The van der Waals surface area contributed by atoms with Crippen molar-refractivity contribution < 1.29 is 24.0 Å². The molecule has 2 amide bonds. The lowest BCUT2D eigenvalue weighted by Gasteiger charge is -2.36. The lowest BCUT2D eigenvalue weighted by molar-refractivity contribution is -0.385. The van der Waals surface area contributed by atoms with E-state index < -0.39 is 34.3 Å². The van der Waals surface area contributed by atoms with E-state index in [0.717, 1.165) is 12.1 Å². The molecule has 1 aliphatic heterocycles. The Kier molecular flexibility index (Phi) is 3.51. The zero-order valence-corrected chi connectivity index (χ0v) is 10.1. The third-order valence-corrected chi connectivity index (χ3v) is 2.92. The third-order valence-electron chi connectivity index (χ3n) is 2.92. The van der Waals surface area contributed by atoms with E-state index in [9.17, 15) is 24.1 Å². The molecule has 0 aromatic heterocycles. The number of nitrogens with zero attached hydrogens (tertiary/aromatic N) is 2. The van der Waals surface area contributed by atoms with Gasteiger partial charge in [0.1, 0.15) is 0 Å². The van der Waals surface area contributed by atoms with Crippen LogP contribution < -0.4 is 5.32 Å². The Morgan fingerprint density at radius 2 is 2.10 bits per heavy atom. The van der Waals surface area contributed by atoms with Crippen molar-refractivity contribution in [1.29, 1.82) is 0 Å². The number of anilines is 1. The van der Waals surface area contributed by atoms with Crippen LogP contribution in [0.25, 0.3) is 0 Å². The first-order chi connectivity index (χ1) is 9.38. The van der Waals surface area contributed by atoms with E-state index in [2.05, 4.69) is 5.32 Å². The van der Waals surface area contributed by atoms with Crippen LogP contribution in [-0.2, 0) is 4.79 Å². The monoisotopic (exact) mass is 283 g/mol. The third kappa shape index (κ3) is 2.66. The average molecular weight is 283 g/mol. The second kappa shape index (κ2) is 5.11. The normalized spacial score (nSPS) is 14.6. The molecule has 1 saturated heterocycles. The number of urea groups is 1. The van der Waals surface area contributed by atoms with Gasteiger partial charge in [-0.05, 0) is 6.07 Å². The molecule has 0 atom stereocenters. The van der Waals surface area contributed by atoms with Crippen molar-refractivity contribution in [2.75, 3.05) is 18.4 Å². The van der Waals surface area contributed by atoms with Crippen LogP contribution in [0, 0.1) is 21.8 Å². The van der Waals surface area contributed by atoms with E-state index in [1.165, 1.54) is 4.90 Å². The van der Waals surface area contributed by atoms with Crippen LogP contribution in [0.1, 0.15) is 0 Å². The molecule has 1 aromatic carbocycles. The van der Waals surface area contributed by atoms with E-state index >= 15 is 0 Å². The van der Waals surface area contributed by atoms with Crippen molar-refractivity contribution in [3.05, 3.63) is 34.1 Å². The summed E-state index contributed by atoms with van der Waals surface area (Å²) in [6.07, 6.45) is 0. The fraction of sp³-hybridized carbons (Fsp3) is 0.273. The Morgan fingerprint density at radius 1 is 1.45 bits per heavy atom. The van der Waals surface area contributed by atoms with Crippen LogP contribution in [0.15, 0.2) is 18.2 Å². The Hall–Kier alpha value is -2.71. The molecule has 0 bridgehead atoms. The number of benzene rings is 1. The number of rotatable bonds is 3. The summed E-state index contributed by atoms with van der Waals surface area (Å²) in [6, 6.07) is 2.20. The number of hydrogen-bond donors (Lipinski definition) is 2. The van der Waals surface area contributed by atoms with Crippen molar-refractivity contribution in [2.45, 2.75) is 0 Å². The number of likely N-dealkylation sites (tertiary alicyclic amines) is 1. The Bertz CT molecular complexity index is 585. The first kappa shape index (κ1) is 13.7.